The number of fused-ring (bicyclic) bond motifs is 1. The van der Waals surface area contributed by atoms with Crippen molar-refractivity contribution in [3.05, 3.63) is 16.8 Å². The maximum absolute atomic E-state index is 12.8. The Hall–Kier alpha value is -1.73. The second kappa shape index (κ2) is 7.12. The van der Waals surface area contributed by atoms with Crippen LogP contribution in [-0.4, -0.2) is 58.2 Å². The topological polar surface area (TPSA) is 69.6 Å². The first-order chi connectivity index (χ1) is 12.5. The Balaban J connectivity index is 1.45. The van der Waals surface area contributed by atoms with E-state index < -0.39 is 0 Å². The number of anilines is 1. The van der Waals surface area contributed by atoms with Gasteiger partial charge in [-0.3, -0.25) is 4.79 Å². The standard InChI is InChI=1S/C19H26N4O2S/c1-12-13(2)26-18-16(12)17(20-11-21-18)22-7-3-14(4-8-22)19(25)23-9-5-15(24)6-10-23/h11,14-15,24H,3-10H2,1-2H3. The van der Waals surface area contributed by atoms with Crippen molar-refractivity contribution in [1.82, 2.24) is 14.9 Å². The fourth-order valence-corrected chi connectivity index (χ4v) is 5.08. The molecule has 0 saturated carbocycles. The van der Waals surface area contributed by atoms with E-state index in [-0.39, 0.29) is 17.9 Å². The minimum absolute atomic E-state index is 0.101. The zero-order chi connectivity index (χ0) is 18.3. The predicted molar refractivity (Wildman–Crippen MR) is 104 cm³/mol. The molecule has 2 aromatic rings. The lowest BCUT2D eigenvalue weighted by Crippen LogP contribution is -2.46. The molecule has 2 aromatic heterocycles. The maximum atomic E-state index is 12.8. The maximum Gasteiger partial charge on any atom is 0.225 e. The van der Waals surface area contributed by atoms with Gasteiger partial charge in [-0.25, -0.2) is 9.97 Å². The van der Waals surface area contributed by atoms with E-state index in [1.54, 1.807) is 17.7 Å². The smallest absolute Gasteiger partial charge is 0.225 e. The van der Waals surface area contributed by atoms with Crippen LogP contribution < -0.4 is 4.90 Å². The number of rotatable bonds is 2. The molecule has 0 aromatic carbocycles. The van der Waals surface area contributed by atoms with Gasteiger partial charge in [0, 0.05) is 37.0 Å². The lowest BCUT2D eigenvalue weighted by Gasteiger charge is -2.37. The Morgan fingerprint density at radius 3 is 2.50 bits per heavy atom. The molecule has 0 bridgehead atoms. The number of carbonyl (C=O) groups is 1. The van der Waals surface area contributed by atoms with E-state index in [0.717, 1.165) is 36.6 Å². The van der Waals surface area contributed by atoms with E-state index in [1.807, 2.05) is 4.90 Å². The Morgan fingerprint density at radius 2 is 1.81 bits per heavy atom. The molecular formula is C19H26N4O2S. The molecular weight excluding hydrogens is 348 g/mol. The summed E-state index contributed by atoms with van der Waals surface area (Å²) in [5.74, 6) is 1.39. The third-order valence-corrected chi connectivity index (χ3v) is 6.98. The van der Waals surface area contributed by atoms with Gasteiger partial charge in [-0.2, -0.15) is 0 Å². The zero-order valence-electron chi connectivity index (χ0n) is 15.4. The molecule has 0 unspecified atom stereocenters. The van der Waals surface area contributed by atoms with E-state index in [0.29, 0.717) is 25.9 Å². The van der Waals surface area contributed by atoms with Crippen LogP contribution in [0.2, 0.25) is 0 Å². The number of likely N-dealkylation sites (tertiary alicyclic amines) is 1. The summed E-state index contributed by atoms with van der Waals surface area (Å²) in [6.45, 7) is 7.37. The summed E-state index contributed by atoms with van der Waals surface area (Å²) in [7, 11) is 0. The van der Waals surface area contributed by atoms with E-state index in [1.165, 1.54) is 15.8 Å². The summed E-state index contributed by atoms with van der Waals surface area (Å²) in [5.41, 5.74) is 1.27. The molecule has 1 amide bonds. The molecule has 0 aliphatic carbocycles. The highest BCUT2D eigenvalue weighted by atomic mass is 32.1. The lowest BCUT2D eigenvalue weighted by atomic mass is 9.94. The van der Waals surface area contributed by atoms with Crippen molar-refractivity contribution in [2.45, 2.75) is 45.6 Å². The number of nitrogens with zero attached hydrogens (tertiary/aromatic N) is 4. The van der Waals surface area contributed by atoms with Crippen molar-refractivity contribution in [3.63, 3.8) is 0 Å². The van der Waals surface area contributed by atoms with Gasteiger partial charge in [0.2, 0.25) is 5.91 Å². The number of aliphatic hydroxyl groups is 1. The highest BCUT2D eigenvalue weighted by Crippen LogP contribution is 2.35. The highest BCUT2D eigenvalue weighted by molar-refractivity contribution is 7.18. The predicted octanol–water partition coefficient (Wildman–Crippen LogP) is 2.51. The first kappa shape index (κ1) is 17.7. The van der Waals surface area contributed by atoms with Gasteiger partial charge in [-0.1, -0.05) is 0 Å². The third-order valence-electron chi connectivity index (χ3n) is 5.87. The molecule has 6 nitrogen and oxygen atoms in total. The molecule has 7 heteroatoms. The second-order valence-corrected chi connectivity index (χ2v) is 8.68. The van der Waals surface area contributed by atoms with Crippen LogP contribution in [0.1, 0.15) is 36.1 Å². The number of amides is 1. The minimum Gasteiger partial charge on any atom is -0.393 e. The Kier molecular flexibility index (Phi) is 4.84. The molecule has 2 fully saturated rings. The summed E-state index contributed by atoms with van der Waals surface area (Å²) < 4.78 is 0. The molecule has 1 N–H and O–H groups in total. The normalized spacial score (nSPS) is 20.1. The number of piperidine rings is 2. The van der Waals surface area contributed by atoms with Crippen LogP contribution in [0, 0.1) is 19.8 Å². The molecule has 0 spiro atoms. The number of hydrogen-bond donors (Lipinski definition) is 1. The summed E-state index contributed by atoms with van der Waals surface area (Å²) in [5, 5.41) is 10.8. The SMILES string of the molecule is Cc1sc2ncnc(N3CCC(C(=O)N4CCC(O)CC4)CC3)c2c1C. The van der Waals surface area contributed by atoms with Gasteiger partial charge >= 0.3 is 0 Å². The van der Waals surface area contributed by atoms with Crippen molar-refractivity contribution in [1.29, 1.82) is 0 Å². The van der Waals surface area contributed by atoms with Crippen LogP contribution in [0.3, 0.4) is 0 Å². The number of aryl methyl sites for hydroxylation is 2. The van der Waals surface area contributed by atoms with Gasteiger partial charge in [-0.05, 0) is 45.1 Å². The van der Waals surface area contributed by atoms with Crippen molar-refractivity contribution < 1.29 is 9.90 Å². The van der Waals surface area contributed by atoms with Gasteiger partial charge in [0.05, 0.1) is 11.5 Å². The Morgan fingerprint density at radius 1 is 1.12 bits per heavy atom. The molecule has 0 radical (unpaired) electrons. The number of thiophene rings is 1. The van der Waals surface area contributed by atoms with E-state index in [2.05, 4.69) is 28.7 Å². The van der Waals surface area contributed by atoms with E-state index in [4.69, 9.17) is 0 Å². The average molecular weight is 375 g/mol. The lowest BCUT2D eigenvalue weighted by molar-refractivity contribution is -0.138. The van der Waals surface area contributed by atoms with Crippen LogP contribution in [0.25, 0.3) is 10.2 Å². The number of aromatic nitrogens is 2. The summed E-state index contributed by atoms with van der Waals surface area (Å²) in [6, 6.07) is 0. The van der Waals surface area contributed by atoms with Crippen molar-refractivity contribution >= 4 is 33.3 Å². The fourth-order valence-electron chi connectivity index (χ4n) is 4.09. The third kappa shape index (κ3) is 3.18. The average Bonchev–Trinajstić information content (AvgIpc) is 2.96. The quantitative estimate of drug-likeness (QED) is 0.875. The Bertz CT molecular complexity index is 805. The highest BCUT2D eigenvalue weighted by Gasteiger charge is 2.31. The first-order valence-electron chi connectivity index (χ1n) is 9.47. The van der Waals surface area contributed by atoms with Crippen molar-refractivity contribution in [3.8, 4) is 0 Å². The van der Waals surface area contributed by atoms with Crippen LogP contribution in [0.5, 0.6) is 0 Å². The van der Waals surface area contributed by atoms with Crippen LogP contribution >= 0.6 is 11.3 Å². The van der Waals surface area contributed by atoms with E-state index >= 15 is 0 Å². The van der Waals surface area contributed by atoms with Gasteiger partial charge in [-0.15, -0.1) is 11.3 Å². The number of aliphatic hydroxyl groups excluding tert-OH is 1. The van der Waals surface area contributed by atoms with Crippen LogP contribution in [0.15, 0.2) is 6.33 Å². The largest absolute Gasteiger partial charge is 0.393 e. The minimum atomic E-state index is -0.238. The summed E-state index contributed by atoms with van der Waals surface area (Å²) in [4.78, 5) is 28.4. The van der Waals surface area contributed by atoms with Crippen LogP contribution in [0.4, 0.5) is 5.82 Å². The molecule has 140 valence electrons. The molecule has 0 atom stereocenters. The molecule has 2 aliphatic rings. The van der Waals surface area contributed by atoms with Crippen LogP contribution in [-0.2, 0) is 4.79 Å². The first-order valence-corrected chi connectivity index (χ1v) is 10.3. The molecule has 4 rings (SSSR count). The van der Waals surface area contributed by atoms with Gasteiger partial charge in [0.25, 0.3) is 0 Å². The summed E-state index contributed by atoms with van der Waals surface area (Å²) in [6.07, 6.45) is 4.57. The number of carbonyl (C=O) groups excluding carboxylic acids is 1. The number of hydrogen-bond acceptors (Lipinski definition) is 6. The van der Waals surface area contributed by atoms with Crippen molar-refractivity contribution in [2.24, 2.45) is 5.92 Å². The van der Waals surface area contributed by atoms with Gasteiger partial charge < -0.3 is 14.9 Å². The van der Waals surface area contributed by atoms with E-state index in [9.17, 15) is 9.90 Å². The zero-order valence-corrected chi connectivity index (χ0v) is 16.3. The molecule has 2 saturated heterocycles. The fraction of sp³-hybridized carbons (Fsp3) is 0.632. The van der Waals surface area contributed by atoms with Gasteiger partial charge in [0.15, 0.2) is 0 Å². The Labute approximate surface area is 157 Å². The monoisotopic (exact) mass is 374 g/mol. The molecule has 4 heterocycles. The van der Waals surface area contributed by atoms with Gasteiger partial charge in [0.1, 0.15) is 17.0 Å². The summed E-state index contributed by atoms with van der Waals surface area (Å²) >= 11 is 1.72. The molecule has 2 aliphatic heterocycles. The molecule has 26 heavy (non-hydrogen) atoms. The van der Waals surface area contributed by atoms with Crippen molar-refractivity contribution in [2.75, 3.05) is 31.1 Å². The second-order valence-electron chi connectivity index (χ2n) is 7.48.